The lowest BCUT2D eigenvalue weighted by Crippen LogP contribution is -2.55. The Bertz CT molecular complexity index is 1580. The second-order valence-corrected chi connectivity index (χ2v) is 10.7. The Morgan fingerprint density at radius 2 is 1.72 bits per heavy atom. The van der Waals surface area contributed by atoms with Crippen molar-refractivity contribution in [3.63, 3.8) is 0 Å². The van der Waals surface area contributed by atoms with Crippen molar-refractivity contribution in [1.29, 1.82) is 0 Å². The third kappa shape index (κ3) is 6.10. The van der Waals surface area contributed by atoms with Gasteiger partial charge < -0.3 is 25.3 Å². The lowest BCUT2D eigenvalue weighted by atomic mass is 10.0. The van der Waals surface area contributed by atoms with Crippen LogP contribution in [0.3, 0.4) is 0 Å². The highest BCUT2D eigenvalue weighted by atomic mass is 79.9. The fourth-order valence-electron chi connectivity index (χ4n) is 4.68. The van der Waals surface area contributed by atoms with E-state index < -0.39 is 11.9 Å². The largest absolute Gasteiger partial charge is 0.451 e. The van der Waals surface area contributed by atoms with Crippen LogP contribution in [0.15, 0.2) is 86.5 Å². The molecule has 4 aromatic rings. The van der Waals surface area contributed by atoms with Crippen molar-refractivity contribution in [3.05, 3.63) is 104 Å². The molecule has 0 unspecified atom stereocenters. The molecule has 0 bridgehead atoms. The monoisotopic (exact) mass is 608 g/mol. The molecule has 0 aliphatic carbocycles. The van der Waals surface area contributed by atoms with Crippen LogP contribution in [-0.2, 0) is 11.2 Å². The number of para-hydroxylation sites is 1. The van der Waals surface area contributed by atoms with E-state index in [1.165, 1.54) is 0 Å². The molecule has 8 nitrogen and oxygen atoms in total. The summed E-state index contributed by atoms with van der Waals surface area (Å²) < 4.78 is 6.63. The summed E-state index contributed by atoms with van der Waals surface area (Å²) in [7, 11) is 0. The first-order valence-corrected chi connectivity index (χ1v) is 13.6. The lowest BCUT2D eigenvalue weighted by Gasteiger charge is -2.38. The number of fused-ring (bicyclic) bond motifs is 1. The summed E-state index contributed by atoms with van der Waals surface area (Å²) >= 11 is 9.53. The number of nitrogens with one attached hydrogen (secondary N) is 1. The molecule has 1 aliphatic heterocycles. The number of piperazine rings is 1. The zero-order valence-corrected chi connectivity index (χ0v) is 23.2. The molecule has 0 spiro atoms. The van der Waals surface area contributed by atoms with Crippen molar-refractivity contribution in [2.45, 2.75) is 12.5 Å². The van der Waals surface area contributed by atoms with E-state index in [2.05, 4.69) is 26.1 Å². The van der Waals surface area contributed by atoms with Gasteiger partial charge in [0.2, 0.25) is 5.91 Å². The summed E-state index contributed by atoms with van der Waals surface area (Å²) in [6.07, 6.45) is 0.248. The minimum Gasteiger partial charge on any atom is -0.451 e. The fourth-order valence-corrected chi connectivity index (χ4v) is 5.16. The normalized spacial score (nSPS) is 14.3. The van der Waals surface area contributed by atoms with E-state index >= 15 is 0 Å². The number of halogens is 2. The Balaban J connectivity index is 1.35. The highest BCUT2D eigenvalue weighted by Gasteiger charge is 2.30. The number of anilines is 2. The average Bonchev–Trinajstić information content (AvgIpc) is 2.95. The van der Waals surface area contributed by atoms with Crippen LogP contribution in [0.4, 0.5) is 11.4 Å². The van der Waals surface area contributed by atoms with Crippen LogP contribution in [0.5, 0.6) is 0 Å². The van der Waals surface area contributed by atoms with Crippen LogP contribution in [0.25, 0.3) is 11.0 Å². The van der Waals surface area contributed by atoms with Crippen LogP contribution < -0.4 is 21.4 Å². The SMILES string of the molecule is Nc1ccc(Br)cc1N1CCN(C(=O)[C@H](Cc2ccc(Cl)cc2)NC(=O)c2cc(=O)c3ccccc3o2)CC1. The van der Waals surface area contributed by atoms with Gasteiger partial charge in [-0.3, -0.25) is 14.4 Å². The maximum atomic E-state index is 13.7. The van der Waals surface area contributed by atoms with Crippen molar-refractivity contribution < 1.29 is 14.0 Å². The maximum Gasteiger partial charge on any atom is 0.287 e. The van der Waals surface area contributed by atoms with Crippen molar-refractivity contribution in [1.82, 2.24) is 10.2 Å². The number of hydrogen-bond acceptors (Lipinski definition) is 6. The summed E-state index contributed by atoms with van der Waals surface area (Å²) in [6, 6.07) is 19.8. The molecule has 1 saturated heterocycles. The number of hydrogen-bond donors (Lipinski definition) is 2. The molecule has 200 valence electrons. The van der Waals surface area contributed by atoms with Crippen LogP contribution >= 0.6 is 27.5 Å². The van der Waals surface area contributed by atoms with Gasteiger partial charge in [-0.1, -0.05) is 51.8 Å². The topological polar surface area (TPSA) is 109 Å². The van der Waals surface area contributed by atoms with Gasteiger partial charge in [0.25, 0.3) is 5.91 Å². The predicted octanol–water partition coefficient (Wildman–Crippen LogP) is 4.48. The van der Waals surface area contributed by atoms with Gasteiger partial charge in [0.05, 0.1) is 16.8 Å². The van der Waals surface area contributed by atoms with Gasteiger partial charge in [0.15, 0.2) is 11.2 Å². The summed E-state index contributed by atoms with van der Waals surface area (Å²) in [4.78, 5) is 43.4. The molecular weight excluding hydrogens is 584 g/mol. The molecule has 1 atom stereocenters. The number of nitrogens with zero attached hydrogens (tertiary/aromatic N) is 2. The zero-order chi connectivity index (χ0) is 27.5. The Kier molecular flexibility index (Phi) is 7.90. The van der Waals surface area contributed by atoms with Crippen LogP contribution in [0, 0.1) is 0 Å². The molecule has 1 fully saturated rings. The number of rotatable bonds is 6. The van der Waals surface area contributed by atoms with Gasteiger partial charge in [-0.15, -0.1) is 0 Å². The van der Waals surface area contributed by atoms with E-state index in [1.54, 1.807) is 41.3 Å². The fraction of sp³-hybridized carbons (Fsp3) is 0.207. The summed E-state index contributed by atoms with van der Waals surface area (Å²) in [5.41, 5.74) is 8.57. The number of carbonyl (C=O) groups excluding carboxylic acids is 2. The maximum absolute atomic E-state index is 13.7. The molecule has 39 heavy (non-hydrogen) atoms. The summed E-state index contributed by atoms with van der Waals surface area (Å²) in [6.45, 7) is 2.10. The van der Waals surface area contributed by atoms with Gasteiger partial charge >= 0.3 is 0 Å². The van der Waals surface area contributed by atoms with Crippen LogP contribution in [-0.4, -0.2) is 48.9 Å². The third-order valence-electron chi connectivity index (χ3n) is 6.74. The highest BCUT2D eigenvalue weighted by Crippen LogP contribution is 2.28. The molecule has 10 heteroatoms. The number of carbonyl (C=O) groups is 2. The smallest absolute Gasteiger partial charge is 0.287 e. The van der Waals surface area contributed by atoms with Crippen molar-refractivity contribution in [2.24, 2.45) is 0 Å². The molecule has 0 radical (unpaired) electrons. The molecule has 2 heterocycles. The zero-order valence-electron chi connectivity index (χ0n) is 20.9. The third-order valence-corrected chi connectivity index (χ3v) is 7.48. The molecule has 2 amide bonds. The first kappa shape index (κ1) is 26.8. The summed E-state index contributed by atoms with van der Waals surface area (Å²) in [5, 5.41) is 3.77. The van der Waals surface area contributed by atoms with Gasteiger partial charge in [0, 0.05) is 48.2 Å². The van der Waals surface area contributed by atoms with Crippen LogP contribution in [0.1, 0.15) is 16.1 Å². The lowest BCUT2D eigenvalue weighted by molar-refractivity contribution is -0.133. The van der Waals surface area contributed by atoms with Crippen molar-refractivity contribution in [2.75, 3.05) is 36.8 Å². The first-order valence-electron chi connectivity index (χ1n) is 12.5. The number of nitrogen functional groups attached to an aromatic ring is 1. The van der Waals surface area contributed by atoms with E-state index in [1.807, 2.05) is 30.3 Å². The quantitative estimate of drug-likeness (QED) is 0.312. The molecule has 1 aromatic heterocycles. The van der Waals surface area contributed by atoms with Crippen LogP contribution in [0.2, 0.25) is 5.02 Å². The molecule has 1 aliphatic rings. The van der Waals surface area contributed by atoms with Gasteiger partial charge in [-0.05, 0) is 48.0 Å². The van der Waals surface area contributed by atoms with E-state index in [9.17, 15) is 14.4 Å². The molecular formula is C29H26BrClN4O4. The van der Waals surface area contributed by atoms with Gasteiger partial charge in [0.1, 0.15) is 11.6 Å². The Morgan fingerprint density at radius 3 is 2.46 bits per heavy atom. The van der Waals surface area contributed by atoms with Crippen molar-refractivity contribution >= 4 is 61.7 Å². The van der Waals surface area contributed by atoms with Gasteiger partial charge in [-0.2, -0.15) is 0 Å². The Morgan fingerprint density at radius 1 is 1.00 bits per heavy atom. The Hall–Kier alpha value is -3.82. The second-order valence-electron chi connectivity index (χ2n) is 9.34. The van der Waals surface area contributed by atoms with E-state index in [-0.39, 0.29) is 23.5 Å². The van der Waals surface area contributed by atoms with E-state index in [4.69, 9.17) is 21.8 Å². The minimum atomic E-state index is -0.877. The minimum absolute atomic E-state index is 0.150. The van der Waals surface area contributed by atoms with E-state index in [0.717, 1.165) is 21.8 Å². The molecule has 3 N–H and O–H groups in total. The Labute approximate surface area is 238 Å². The van der Waals surface area contributed by atoms with Crippen molar-refractivity contribution in [3.8, 4) is 0 Å². The second kappa shape index (κ2) is 11.5. The number of benzene rings is 3. The number of amides is 2. The molecule has 5 rings (SSSR count). The number of nitrogens with two attached hydrogens (primary N) is 1. The predicted molar refractivity (Wildman–Crippen MR) is 156 cm³/mol. The van der Waals surface area contributed by atoms with Gasteiger partial charge in [-0.25, -0.2) is 0 Å². The molecule has 3 aromatic carbocycles. The van der Waals surface area contributed by atoms with E-state index in [0.29, 0.717) is 47.9 Å². The first-order chi connectivity index (χ1) is 18.8. The average molecular weight is 610 g/mol. The highest BCUT2D eigenvalue weighted by molar-refractivity contribution is 9.10. The standard InChI is InChI=1S/C29H26BrClN4O4/c30-19-7-10-22(32)24(16-19)34-11-13-35(14-12-34)29(38)23(15-18-5-8-20(31)9-6-18)33-28(37)27-17-25(36)21-3-1-2-4-26(21)39-27/h1-10,16-17,23H,11-15,32H2,(H,33,37)/t23-/m0/s1. The molecule has 0 saturated carbocycles. The summed E-state index contributed by atoms with van der Waals surface area (Å²) in [5.74, 6) is -1.00.